The molecule has 1 unspecified atom stereocenters. The summed E-state index contributed by atoms with van der Waals surface area (Å²) < 4.78 is 6.00. The van der Waals surface area contributed by atoms with Crippen LogP contribution in [0, 0.1) is 0 Å². The monoisotopic (exact) mass is 304 g/mol. The summed E-state index contributed by atoms with van der Waals surface area (Å²) in [4.78, 5) is 4.29. The minimum absolute atomic E-state index is 0.270. The number of guanidine groups is 1. The number of para-hydroxylation sites is 1. The Hall–Kier alpha value is -1.75. The van der Waals surface area contributed by atoms with Crippen LogP contribution in [0.5, 0.6) is 5.75 Å². The van der Waals surface area contributed by atoms with Gasteiger partial charge in [0.25, 0.3) is 0 Å². The zero-order chi connectivity index (χ0) is 15.8. The van der Waals surface area contributed by atoms with Gasteiger partial charge in [0.2, 0.25) is 0 Å². The Labute approximate surface area is 133 Å². The van der Waals surface area contributed by atoms with Crippen molar-refractivity contribution in [3.05, 3.63) is 29.8 Å². The highest BCUT2D eigenvalue weighted by Gasteiger charge is 2.18. The van der Waals surface area contributed by atoms with E-state index in [4.69, 9.17) is 10.5 Å². The van der Waals surface area contributed by atoms with Crippen molar-refractivity contribution in [3.8, 4) is 5.75 Å². The van der Waals surface area contributed by atoms with Gasteiger partial charge < -0.3 is 21.1 Å². The second kappa shape index (κ2) is 8.63. The van der Waals surface area contributed by atoms with E-state index >= 15 is 0 Å². The Morgan fingerprint density at radius 3 is 3.05 bits per heavy atom. The van der Waals surface area contributed by atoms with Gasteiger partial charge in [0.05, 0.1) is 0 Å². The number of hydrogen-bond acceptors (Lipinski definition) is 3. The van der Waals surface area contributed by atoms with E-state index in [0.717, 1.165) is 44.6 Å². The van der Waals surface area contributed by atoms with Crippen LogP contribution >= 0.6 is 0 Å². The average molecular weight is 304 g/mol. The van der Waals surface area contributed by atoms with Gasteiger partial charge in [-0.2, -0.15) is 0 Å². The molecule has 1 atom stereocenters. The van der Waals surface area contributed by atoms with Gasteiger partial charge >= 0.3 is 0 Å². The zero-order valence-corrected chi connectivity index (χ0v) is 13.6. The van der Waals surface area contributed by atoms with E-state index in [1.807, 2.05) is 19.9 Å². The molecule has 1 aromatic rings. The minimum atomic E-state index is 0.270. The van der Waals surface area contributed by atoms with E-state index in [0.29, 0.717) is 12.0 Å². The molecule has 2 rings (SSSR count). The lowest BCUT2D eigenvalue weighted by Crippen LogP contribution is -2.37. The van der Waals surface area contributed by atoms with Crippen LogP contribution in [0.25, 0.3) is 0 Å². The standard InChI is InChI=1S/C17H28N4O/c1-13(2)21-17(18)20-11-5-10-19-12-15-9-8-14-6-3-4-7-16(14)22-15/h3-4,6-7,13,15,19H,5,8-12H2,1-2H3,(H3,18,20,21). The summed E-state index contributed by atoms with van der Waals surface area (Å²) in [6.07, 6.45) is 3.42. The number of rotatable bonds is 7. The molecule has 122 valence electrons. The molecule has 0 bridgehead atoms. The predicted molar refractivity (Wildman–Crippen MR) is 91.4 cm³/mol. The third-order valence-electron chi connectivity index (χ3n) is 3.60. The molecule has 1 aromatic carbocycles. The summed E-state index contributed by atoms with van der Waals surface area (Å²) in [6.45, 7) is 6.66. The Balaban J connectivity index is 1.58. The van der Waals surface area contributed by atoms with Crippen LogP contribution < -0.4 is 21.1 Å². The Bertz CT molecular complexity index is 487. The number of ether oxygens (including phenoxy) is 1. The first-order valence-corrected chi connectivity index (χ1v) is 8.17. The summed E-state index contributed by atoms with van der Waals surface area (Å²) in [7, 11) is 0. The number of nitrogens with zero attached hydrogens (tertiary/aromatic N) is 1. The van der Waals surface area contributed by atoms with Crippen LogP contribution in [0.1, 0.15) is 32.3 Å². The number of nitrogens with one attached hydrogen (secondary N) is 2. The van der Waals surface area contributed by atoms with Gasteiger partial charge in [-0.25, -0.2) is 0 Å². The van der Waals surface area contributed by atoms with E-state index in [2.05, 4.69) is 33.8 Å². The Morgan fingerprint density at radius 2 is 2.23 bits per heavy atom. The average Bonchev–Trinajstić information content (AvgIpc) is 2.50. The maximum absolute atomic E-state index is 6.00. The summed E-state index contributed by atoms with van der Waals surface area (Å²) >= 11 is 0. The summed E-state index contributed by atoms with van der Waals surface area (Å²) in [5, 5.41) is 6.53. The fourth-order valence-corrected chi connectivity index (χ4v) is 2.53. The van der Waals surface area contributed by atoms with Crippen LogP contribution in [0.3, 0.4) is 0 Å². The van der Waals surface area contributed by atoms with Crippen molar-refractivity contribution in [2.45, 2.75) is 45.3 Å². The molecule has 4 N–H and O–H groups in total. The summed E-state index contributed by atoms with van der Waals surface area (Å²) in [5.74, 6) is 1.57. The van der Waals surface area contributed by atoms with Crippen LogP contribution in [0.2, 0.25) is 0 Å². The normalized spacial score (nSPS) is 18.0. The van der Waals surface area contributed by atoms with Gasteiger partial charge in [-0.15, -0.1) is 0 Å². The number of hydrogen-bond donors (Lipinski definition) is 3. The van der Waals surface area contributed by atoms with Crippen molar-refractivity contribution < 1.29 is 4.74 Å². The van der Waals surface area contributed by atoms with Gasteiger partial charge in [0, 0.05) is 19.1 Å². The molecule has 5 nitrogen and oxygen atoms in total. The smallest absolute Gasteiger partial charge is 0.188 e. The fraction of sp³-hybridized carbons (Fsp3) is 0.588. The van der Waals surface area contributed by atoms with Crippen molar-refractivity contribution in [3.63, 3.8) is 0 Å². The molecule has 1 aliphatic rings. The van der Waals surface area contributed by atoms with Crippen LogP contribution in [0.4, 0.5) is 0 Å². The van der Waals surface area contributed by atoms with Crippen LogP contribution in [-0.4, -0.2) is 37.7 Å². The number of fused-ring (bicyclic) bond motifs is 1. The fourth-order valence-electron chi connectivity index (χ4n) is 2.53. The number of aliphatic imine (C=N–C) groups is 1. The molecule has 0 spiro atoms. The minimum Gasteiger partial charge on any atom is -0.489 e. The lowest BCUT2D eigenvalue weighted by Gasteiger charge is -2.26. The molecule has 1 heterocycles. The SMILES string of the molecule is CC(C)NC(N)=NCCCNCC1CCc2ccccc2O1. The predicted octanol–water partition coefficient (Wildman–Crippen LogP) is 1.67. The molecule has 0 fully saturated rings. The largest absolute Gasteiger partial charge is 0.489 e. The summed E-state index contributed by atoms with van der Waals surface area (Å²) in [6, 6.07) is 8.63. The van der Waals surface area contributed by atoms with E-state index in [9.17, 15) is 0 Å². The first-order valence-electron chi connectivity index (χ1n) is 8.17. The second-order valence-electron chi connectivity index (χ2n) is 6.01. The third-order valence-corrected chi connectivity index (χ3v) is 3.60. The van der Waals surface area contributed by atoms with Crippen molar-refractivity contribution in [1.29, 1.82) is 0 Å². The van der Waals surface area contributed by atoms with E-state index < -0.39 is 0 Å². The number of aryl methyl sites for hydroxylation is 1. The van der Waals surface area contributed by atoms with Crippen LogP contribution in [0.15, 0.2) is 29.3 Å². The zero-order valence-electron chi connectivity index (χ0n) is 13.6. The van der Waals surface area contributed by atoms with E-state index in [1.54, 1.807) is 0 Å². The van der Waals surface area contributed by atoms with Gasteiger partial charge in [0.1, 0.15) is 11.9 Å². The van der Waals surface area contributed by atoms with Crippen molar-refractivity contribution in [2.75, 3.05) is 19.6 Å². The maximum atomic E-state index is 6.00. The van der Waals surface area contributed by atoms with Gasteiger partial charge in [0.15, 0.2) is 5.96 Å². The lowest BCUT2D eigenvalue weighted by molar-refractivity contribution is 0.171. The van der Waals surface area contributed by atoms with Crippen LogP contribution in [-0.2, 0) is 6.42 Å². The maximum Gasteiger partial charge on any atom is 0.188 e. The molecule has 0 saturated carbocycles. The molecule has 0 radical (unpaired) electrons. The second-order valence-corrected chi connectivity index (χ2v) is 6.01. The molecule has 0 amide bonds. The summed E-state index contributed by atoms with van der Waals surface area (Å²) in [5.41, 5.74) is 7.07. The number of nitrogens with two attached hydrogens (primary N) is 1. The highest BCUT2D eigenvalue weighted by Crippen LogP contribution is 2.26. The van der Waals surface area contributed by atoms with Crippen molar-refractivity contribution in [2.24, 2.45) is 10.7 Å². The molecule has 22 heavy (non-hydrogen) atoms. The first-order chi connectivity index (χ1) is 10.6. The highest BCUT2D eigenvalue weighted by molar-refractivity contribution is 5.77. The van der Waals surface area contributed by atoms with Crippen molar-refractivity contribution in [1.82, 2.24) is 10.6 Å². The molecule has 1 aliphatic heterocycles. The Morgan fingerprint density at radius 1 is 1.41 bits per heavy atom. The first kappa shape index (κ1) is 16.6. The third kappa shape index (κ3) is 5.56. The lowest BCUT2D eigenvalue weighted by atomic mass is 10.0. The topological polar surface area (TPSA) is 71.7 Å². The Kier molecular flexibility index (Phi) is 6.52. The van der Waals surface area contributed by atoms with Gasteiger partial charge in [-0.05, 0) is 51.3 Å². The molecule has 0 aromatic heterocycles. The van der Waals surface area contributed by atoms with E-state index in [-0.39, 0.29) is 6.10 Å². The van der Waals surface area contributed by atoms with Gasteiger partial charge in [-0.3, -0.25) is 4.99 Å². The molecular weight excluding hydrogens is 276 g/mol. The quantitative estimate of drug-likeness (QED) is 0.407. The molecule has 0 saturated heterocycles. The van der Waals surface area contributed by atoms with Crippen molar-refractivity contribution >= 4 is 5.96 Å². The number of benzene rings is 1. The molecule has 5 heteroatoms. The van der Waals surface area contributed by atoms with Gasteiger partial charge in [-0.1, -0.05) is 18.2 Å². The highest BCUT2D eigenvalue weighted by atomic mass is 16.5. The molecular formula is C17H28N4O. The van der Waals surface area contributed by atoms with E-state index in [1.165, 1.54) is 5.56 Å². The molecule has 0 aliphatic carbocycles.